The maximum atomic E-state index is 12.9. The first-order valence-electron chi connectivity index (χ1n) is 9.27. The summed E-state index contributed by atoms with van der Waals surface area (Å²) in [7, 11) is 0. The number of aliphatic hydroxyl groups is 1. The fourth-order valence-corrected chi connectivity index (χ4v) is 3.41. The van der Waals surface area contributed by atoms with Gasteiger partial charge in [-0.1, -0.05) is 17.3 Å². The summed E-state index contributed by atoms with van der Waals surface area (Å²) in [6.45, 7) is 1.79. The Morgan fingerprint density at radius 1 is 1.17 bits per heavy atom. The van der Waals surface area contributed by atoms with Gasteiger partial charge in [-0.3, -0.25) is 0 Å². The lowest BCUT2D eigenvalue weighted by molar-refractivity contribution is -0.137. The Hall–Kier alpha value is -2.94. The highest BCUT2D eigenvalue weighted by Crippen LogP contribution is 2.32. The van der Waals surface area contributed by atoms with Crippen molar-refractivity contribution in [2.24, 2.45) is 5.92 Å². The molecule has 0 spiro atoms. The van der Waals surface area contributed by atoms with E-state index >= 15 is 0 Å². The van der Waals surface area contributed by atoms with Gasteiger partial charge in [-0.2, -0.15) is 18.2 Å². The molecule has 6 nitrogen and oxygen atoms in total. The van der Waals surface area contributed by atoms with Gasteiger partial charge in [0.1, 0.15) is 5.82 Å². The van der Waals surface area contributed by atoms with Crippen LogP contribution >= 0.6 is 0 Å². The molecule has 0 bridgehead atoms. The van der Waals surface area contributed by atoms with E-state index in [1.165, 1.54) is 12.1 Å². The molecular weight excluding hydrogens is 385 g/mol. The van der Waals surface area contributed by atoms with E-state index in [9.17, 15) is 18.3 Å². The quantitative estimate of drug-likeness (QED) is 0.708. The van der Waals surface area contributed by atoms with Crippen molar-refractivity contribution in [3.63, 3.8) is 0 Å². The molecule has 1 aliphatic heterocycles. The smallest absolute Gasteiger partial charge is 0.396 e. The van der Waals surface area contributed by atoms with Crippen molar-refractivity contribution in [2.45, 2.75) is 19.0 Å². The van der Waals surface area contributed by atoms with Crippen LogP contribution in [0.2, 0.25) is 0 Å². The van der Waals surface area contributed by atoms with Gasteiger partial charge in [0.15, 0.2) is 0 Å². The zero-order valence-corrected chi connectivity index (χ0v) is 15.4. The van der Waals surface area contributed by atoms with Crippen molar-refractivity contribution < 1.29 is 22.8 Å². The lowest BCUT2D eigenvalue weighted by Crippen LogP contribution is -2.37. The second-order valence-corrected chi connectivity index (χ2v) is 7.04. The lowest BCUT2D eigenvalue weighted by atomic mass is 9.99. The van der Waals surface area contributed by atoms with Crippen LogP contribution in [-0.4, -0.2) is 39.9 Å². The number of hydrogen-bond acceptors (Lipinski definition) is 6. The number of pyridine rings is 1. The molecule has 3 heterocycles. The van der Waals surface area contributed by atoms with E-state index in [4.69, 9.17) is 4.52 Å². The molecule has 2 aromatic heterocycles. The summed E-state index contributed by atoms with van der Waals surface area (Å²) >= 11 is 0. The number of rotatable bonds is 4. The fourth-order valence-electron chi connectivity index (χ4n) is 3.41. The van der Waals surface area contributed by atoms with Crippen LogP contribution in [-0.2, 0) is 6.18 Å². The molecule has 9 heteroatoms. The maximum absolute atomic E-state index is 12.9. The van der Waals surface area contributed by atoms with Crippen LogP contribution in [0.5, 0.6) is 0 Å². The summed E-state index contributed by atoms with van der Waals surface area (Å²) in [6.07, 6.45) is -0.836. The normalized spacial score (nSPS) is 17.5. The highest BCUT2D eigenvalue weighted by Gasteiger charge is 2.30. The first-order chi connectivity index (χ1) is 13.9. The molecule has 1 saturated heterocycles. The third kappa shape index (κ3) is 4.24. The number of anilines is 1. The number of halogens is 3. The molecular formula is C20H19F3N4O2. The van der Waals surface area contributed by atoms with E-state index in [-0.39, 0.29) is 29.8 Å². The van der Waals surface area contributed by atoms with Crippen molar-refractivity contribution in [3.05, 3.63) is 48.2 Å². The number of piperidine rings is 1. The molecule has 3 aromatic rings. The fraction of sp³-hybridized carbons (Fsp3) is 0.350. The number of hydrogen-bond donors (Lipinski definition) is 1. The van der Waals surface area contributed by atoms with Gasteiger partial charge < -0.3 is 14.5 Å². The molecule has 1 fully saturated rings. The first kappa shape index (κ1) is 19.4. The number of aromatic nitrogens is 3. The van der Waals surface area contributed by atoms with Gasteiger partial charge in [-0.25, -0.2) is 4.98 Å². The Labute approximate surface area is 165 Å². The van der Waals surface area contributed by atoms with Gasteiger partial charge >= 0.3 is 6.18 Å². The molecule has 0 unspecified atom stereocenters. The minimum atomic E-state index is -4.44. The minimum Gasteiger partial charge on any atom is -0.396 e. The van der Waals surface area contributed by atoms with Crippen molar-refractivity contribution in [1.29, 1.82) is 0 Å². The summed E-state index contributed by atoms with van der Waals surface area (Å²) in [6, 6.07) is 8.42. The van der Waals surface area contributed by atoms with Gasteiger partial charge in [0.05, 0.1) is 11.1 Å². The summed E-state index contributed by atoms with van der Waals surface area (Å²) in [5.74, 6) is 1.31. The van der Waals surface area contributed by atoms with Crippen LogP contribution in [0, 0.1) is 5.92 Å². The Balaban J connectivity index is 1.53. The molecule has 0 saturated carbocycles. The Bertz CT molecular complexity index is 972. The first-order valence-corrected chi connectivity index (χ1v) is 9.27. The van der Waals surface area contributed by atoms with Crippen molar-refractivity contribution in [2.75, 3.05) is 24.6 Å². The molecule has 1 aromatic carbocycles. The van der Waals surface area contributed by atoms with Crippen molar-refractivity contribution in [1.82, 2.24) is 15.1 Å². The number of alkyl halides is 3. The van der Waals surface area contributed by atoms with E-state index in [2.05, 4.69) is 20.0 Å². The molecule has 29 heavy (non-hydrogen) atoms. The Morgan fingerprint density at radius 3 is 2.76 bits per heavy atom. The molecule has 0 radical (unpaired) electrons. The summed E-state index contributed by atoms with van der Waals surface area (Å²) in [5.41, 5.74) is 0.0352. The van der Waals surface area contributed by atoms with Crippen LogP contribution in [0.25, 0.3) is 22.8 Å². The van der Waals surface area contributed by atoms with E-state index in [1.54, 1.807) is 12.3 Å². The van der Waals surface area contributed by atoms with E-state index in [0.29, 0.717) is 5.56 Å². The van der Waals surface area contributed by atoms with Gasteiger partial charge in [0, 0.05) is 31.5 Å². The van der Waals surface area contributed by atoms with E-state index < -0.39 is 11.7 Å². The zero-order chi connectivity index (χ0) is 20.4. The Morgan fingerprint density at radius 2 is 2.03 bits per heavy atom. The van der Waals surface area contributed by atoms with Gasteiger partial charge in [-0.15, -0.1) is 0 Å². The van der Waals surface area contributed by atoms with Crippen LogP contribution in [0.4, 0.5) is 19.0 Å². The minimum absolute atomic E-state index is 0.0806. The predicted octanol–water partition coefficient (Wildman–Crippen LogP) is 4.03. The molecule has 1 N–H and O–H groups in total. The largest absolute Gasteiger partial charge is 0.416 e. The molecule has 0 aliphatic carbocycles. The molecule has 0 amide bonds. The standard InChI is InChI=1S/C20H19F3N4O2/c21-20(22,23)16-5-1-4-14(9-16)18-25-19(29-26-18)15-6-7-17(24-10-15)27-8-2-3-13(11-27)12-28/h1,4-7,9-10,13,28H,2-3,8,11-12H2/t13-/m1/s1. The van der Waals surface area contributed by atoms with Crippen molar-refractivity contribution in [3.8, 4) is 22.8 Å². The molecule has 1 atom stereocenters. The number of nitrogens with zero attached hydrogens (tertiary/aromatic N) is 4. The zero-order valence-electron chi connectivity index (χ0n) is 15.4. The third-order valence-electron chi connectivity index (χ3n) is 4.97. The third-order valence-corrected chi connectivity index (χ3v) is 4.97. The second kappa shape index (κ2) is 7.82. The summed E-state index contributed by atoms with van der Waals surface area (Å²) in [5, 5.41) is 13.2. The van der Waals surface area contributed by atoms with Crippen LogP contribution < -0.4 is 4.90 Å². The topological polar surface area (TPSA) is 75.3 Å². The highest BCUT2D eigenvalue weighted by atomic mass is 19.4. The highest BCUT2D eigenvalue weighted by molar-refractivity contribution is 5.61. The Kier molecular flexibility index (Phi) is 5.23. The lowest BCUT2D eigenvalue weighted by Gasteiger charge is -2.32. The monoisotopic (exact) mass is 404 g/mol. The number of aliphatic hydroxyl groups excluding tert-OH is 1. The van der Waals surface area contributed by atoms with Crippen LogP contribution in [0.3, 0.4) is 0 Å². The van der Waals surface area contributed by atoms with E-state index in [0.717, 1.165) is 43.9 Å². The number of benzene rings is 1. The van der Waals surface area contributed by atoms with Crippen LogP contribution in [0.1, 0.15) is 18.4 Å². The maximum Gasteiger partial charge on any atom is 0.416 e. The predicted molar refractivity (Wildman–Crippen MR) is 100.0 cm³/mol. The summed E-state index contributed by atoms with van der Waals surface area (Å²) < 4.78 is 43.9. The van der Waals surface area contributed by atoms with Gasteiger partial charge in [0.25, 0.3) is 5.89 Å². The van der Waals surface area contributed by atoms with E-state index in [1.807, 2.05) is 6.07 Å². The van der Waals surface area contributed by atoms with Crippen molar-refractivity contribution >= 4 is 5.82 Å². The van der Waals surface area contributed by atoms with Crippen LogP contribution in [0.15, 0.2) is 47.1 Å². The molecule has 4 rings (SSSR count). The second-order valence-electron chi connectivity index (χ2n) is 7.04. The van der Waals surface area contributed by atoms with Gasteiger partial charge in [-0.05, 0) is 43.0 Å². The SMILES string of the molecule is OC[C@@H]1CCCN(c2ccc(-c3nc(-c4cccc(C(F)(F)F)c4)no3)cn2)C1. The molecule has 1 aliphatic rings. The van der Waals surface area contributed by atoms with Gasteiger partial charge in [0.2, 0.25) is 5.82 Å². The average molecular weight is 404 g/mol. The average Bonchev–Trinajstić information content (AvgIpc) is 3.24. The molecule has 152 valence electrons. The summed E-state index contributed by atoms with van der Waals surface area (Å²) in [4.78, 5) is 10.8.